The Morgan fingerprint density at radius 2 is 1.69 bits per heavy atom. The number of nitrogens with one attached hydrogen (secondary N) is 2. The minimum absolute atomic E-state index is 0.0464. The summed E-state index contributed by atoms with van der Waals surface area (Å²) in [6.07, 6.45) is 2.34. The molecular weight excluding hydrogens is 450 g/mol. The van der Waals surface area contributed by atoms with Crippen LogP contribution >= 0.6 is 0 Å². The van der Waals surface area contributed by atoms with E-state index >= 15 is 0 Å². The lowest BCUT2D eigenvalue weighted by Crippen LogP contribution is -2.50. The Hall–Kier alpha value is -3.75. The van der Waals surface area contributed by atoms with Gasteiger partial charge in [0.15, 0.2) is 11.5 Å². The third-order valence-electron chi connectivity index (χ3n) is 6.30. The summed E-state index contributed by atoms with van der Waals surface area (Å²) in [5.41, 5.74) is 1.50. The van der Waals surface area contributed by atoms with Gasteiger partial charge in [-0.1, -0.05) is 30.3 Å². The molecule has 186 valence electrons. The summed E-state index contributed by atoms with van der Waals surface area (Å²) in [7, 11) is 4.51. The number of anilines is 1. The second-order valence-corrected chi connectivity index (χ2v) is 8.82. The van der Waals surface area contributed by atoms with E-state index in [0.717, 1.165) is 18.4 Å². The molecule has 2 aliphatic rings. The van der Waals surface area contributed by atoms with Crippen molar-refractivity contribution < 1.29 is 28.6 Å². The molecule has 9 nitrogen and oxygen atoms in total. The highest BCUT2D eigenvalue weighted by Gasteiger charge is 2.38. The van der Waals surface area contributed by atoms with Gasteiger partial charge >= 0.3 is 0 Å². The van der Waals surface area contributed by atoms with Gasteiger partial charge in [0.25, 0.3) is 0 Å². The molecule has 1 aliphatic heterocycles. The number of methoxy groups -OCH3 is 3. The standard InChI is InChI=1S/C26H31N3O6/c1-33-21-13-19(14-22(34-2)24(21)35-3)29-15-17(12-23(29)30)25(31)28-20(26(32)27-18-9-10-18)11-16-7-5-4-6-8-16/h4-8,13-14,17-18,20H,9-12,15H2,1-3H3,(H,27,32)(H,28,31). The van der Waals surface area contributed by atoms with Crippen molar-refractivity contribution in [2.24, 2.45) is 5.92 Å². The predicted octanol–water partition coefficient (Wildman–Crippen LogP) is 2.07. The molecule has 4 rings (SSSR count). The maximum absolute atomic E-state index is 13.2. The van der Waals surface area contributed by atoms with Crippen molar-refractivity contribution in [3.63, 3.8) is 0 Å². The molecule has 9 heteroatoms. The monoisotopic (exact) mass is 481 g/mol. The maximum Gasteiger partial charge on any atom is 0.243 e. The SMILES string of the molecule is COc1cc(N2CC(C(=O)NC(Cc3ccccc3)C(=O)NC3CC3)CC2=O)cc(OC)c1OC. The fourth-order valence-corrected chi connectivity index (χ4v) is 4.23. The van der Waals surface area contributed by atoms with Crippen molar-refractivity contribution in [1.82, 2.24) is 10.6 Å². The molecule has 2 atom stereocenters. The number of carbonyl (C=O) groups is 3. The van der Waals surface area contributed by atoms with Gasteiger partial charge in [0.05, 0.1) is 32.9 Å². The van der Waals surface area contributed by atoms with Gasteiger partial charge in [-0.3, -0.25) is 14.4 Å². The van der Waals surface area contributed by atoms with E-state index in [-0.39, 0.29) is 36.7 Å². The molecule has 1 saturated carbocycles. The van der Waals surface area contributed by atoms with E-state index in [2.05, 4.69) is 10.6 Å². The predicted molar refractivity (Wildman–Crippen MR) is 130 cm³/mol. The van der Waals surface area contributed by atoms with E-state index in [1.165, 1.54) is 26.2 Å². The van der Waals surface area contributed by atoms with Crippen LogP contribution in [0.1, 0.15) is 24.8 Å². The topological polar surface area (TPSA) is 106 Å². The highest BCUT2D eigenvalue weighted by Crippen LogP contribution is 2.42. The molecule has 2 aromatic carbocycles. The zero-order valence-corrected chi connectivity index (χ0v) is 20.2. The number of benzene rings is 2. The van der Waals surface area contributed by atoms with Crippen LogP contribution in [0.2, 0.25) is 0 Å². The Morgan fingerprint density at radius 3 is 2.26 bits per heavy atom. The van der Waals surface area contributed by atoms with Crippen molar-refractivity contribution >= 4 is 23.4 Å². The summed E-state index contributed by atoms with van der Waals surface area (Å²) < 4.78 is 16.1. The molecule has 2 unspecified atom stereocenters. The molecular formula is C26H31N3O6. The highest BCUT2D eigenvalue weighted by molar-refractivity contribution is 6.01. The van der Waals surface area contributed by atoms with Gasteiger partial charge in [-0.05, 0) is 18.4 Å². The second kappa shape index (κ2) is 10.7. The molecule has 1 heterocycles. The van der Waals surface area contributed by atoms with E-state index < -0.39 is 12.0 Å². The summed E-state index contributed by atoms with van der Waals surface area (Å²) in [6, 6.07) is 12.4. The van der Waals surface area contributed by atoms with Crippen LogP contribution in [-0.4, -0.2) is 57.7 Å². The van der Waals surface area contributed by atoms with Gasteiger partial charge in [0.1, 0.15) is 6.04 Å². The van der Waals surface area contributed by atoms with Crippen molar-refractivity contribution in [3.05, 3.63) is 48.0 Å². The van der Waals surface area contributed by atoms with Crippen molar-refractivity contribution in [2.75, 3.05) is 32.8 Å². The minimum Gasteiger partial charge on any atom is -0.493 e. The van der Waals surface area contributed by atoms with Crippen molar-refractivity contribution in [3.8, 4) is 17.2 Å². The van der Waals surface area contributed by atoms with Gasteiger partial charge < -0.3 is 29.7 Å². The molecule has 0 spiro atoms. The highest BCUT2D eigenvalue weighted by atomic mass is 16.5. The van der Waals surface area contributed by atoms with Gasteiger partial charge in [-0.2, -0.15) is 0 Å². The van der Waals surface area contributed by atoms with Crippen LogP contribution in [0.25, 0.3) is 0 Å². The number of nitrogens with zero attached hydrogens (tertiary/aromatic N) is 1. The zero-order chi connectivity index (χ0) is 24.9. The largest absolute Gasteiger partial charge is 0.493 e. The van der Waals surface area contributed by atoms with Gasteiger partial charge in [0.2, 0.25) is 23.5 Å². The summed E-state index contributed by atoms with van der Waals surface area (Å²) in [5.74, 6) is -0.0414. The van der Waals surface area contributed by atoms with Crippen LogP contribution in [-0.2, 0) is 20.8 Å². The maximum atomic E-state index is 13.2. The minimum atomic E-state index is -0.712. The lowest BCUT2D eigenvalue weighted by atomic mass is 10.0. The average Bonchev–Trinajstić information content (AvgIpc) is 3.60. The van der Waals surface area contributed by atoms with Gasteiger partial charge in [0, 0.05) is 37.6 Å². The van der Waals surface area contributed by atoms with Crippen LogP contribution in [0.3, 0.4) is 0 Å². The summed E-state index contributed by atoms with van der Waals surface area (Å²) >= 11 is 0. The first-order chi connectivity index (χ1) is 16.9. The molecule has 1 saturated heterocycles. The smallest absolute Gasteiger partial charge is 0.243 e. The summed E-state index contributed by atoms with van der Waals surface area (Å²) in [6.45, 7) is 0.186. The molecule has 2 aromatic rings. The number of amides is 3. The number of hydrogen-bond acceptors (Lipinski definition) is 6. The molecule has 2 N–H and O–H groups in total. The Bertz CT molecular complexity index is 1060. The first kappa shape index (κ1) is 24.4. The first-order valence-electron chi connectivity index (χ1n) is 11.7. The van der Waals surface area contributed by atoms with Crippen molar-refractivity contribution in [1.29, 1.82) is 0 Å². The third kappa shape index (κ3) is 5.67. The molecule has 0 aromatic heterocycles. The Balaban J connectivity index is 1.48. The summed E-state index contributed by atoms with van der Waals surface area (Å²) in [5, 5.41) is 5.88. The molecule has 1 aliphatic carbocycles. The average molecular weight is 482 g/mol. The van der Waals surface area contributed by atoms with Crippen LogP contribution < -0.4 is 29.7 Å². The molecule has 35 heavy (non-hydrogen) atoms. The number of rotatable bonds is 10. The van der Waals surface area contributed by atoms with Crippen LogP contribution in [0.5, 0.6) is 17.2 Å². The molecule has 0 bridgehead atoms. The lowest BCUT2D eigenvalue weighted by molar-refractivity contribution is -0.131. The molecule has 2 fully saturated rings. The zero-order valence-electron chi connectivity index (χ0n) is 20.2. The van der Waals surface area contributed by atoms with E-state index in [1.54, 1.807) is 12.1 Å². The van der Waals surface area contributed by atoms with Crippen LogP contribution in [0, 0.1) is 5.92 Å². The van der Waals surface area contributed by atoms with E-state index in [4.69, 9.17) is 14.2 Å². The number of hydrogen-bond donors (Lipinski definition) is 2. The number of ether oxygens (including phenoxy) is 3. The van der Waals surface area contributed by atoms with Crippen LogP contribution in [0.15, 0.2) is 42.5 Å². The Labute approximate surface area is 204 Å². The first-order valence-corrected chi connectivity index (χ1v) is 11.7. The lowest BCUT2D eigenvalue weighted by Gasteiger charge is -2.22. The summed E-state index contributed by atoms with van der Waals surface area (Å²) in [4.78, 5) is 40.4. The van der Waals surface area contributed by atoms with E-state index in [9.17, 15) is 14.4 Å². The fraction of sp³-hybridized carbons (Fsp3) is 0.423. The second-order valence-electron chi connectivity index (χ2n) is 8.82. The van der Waals surface area contributed by atoms with Crippen molar-refractivity contribution in [2.45, 2.75) is 37.8 Å². The van der Waals surface area contributed by atoms with E-state index in [0.29, 0.717) is 29.4 Å². The molecule has 0 radical (unpaired) electrons. The Morgan fingerprint density at radius 1 is 1.03 bits per heavy atom. The fourth-order valence-electron chi connectivity index (χ4n) is 4.23. The van der Waals surface area contributed by atoms with Gasteiger partial charge in [-0.25, -0.2) is 0 Å². The van der Waals surface area contributed by atoms with E-state index in [1.807, 2.05) is 30.3 Å². The quantitative estimate of drug-likeness (QED) is 0.538. The Kier molecular flexibility index (Phi) is 7.43. The normalized spacial score (nSPS) is 18.1. The van der Waals surface area contributed by atoms with Gasteiger partial charge in [-0.15, -0.1) is 0 Å². The molecule has 3 amide bonds. The van der Waals surface area contributed by atoms with Crippen LogP contribution in [0.4, 0.5) is 5.69 Å². The number of carbonyl (C=O) groups excluding carboxylic acids is 3. The third-order valence-corrected chi connectivity index (χ3v) is 6.30.